The highest BCUT2D eigenvalue weighted by molar-refractivity contribution is 5.97. The molecule has 64 heavy (non-hydrogen) atoms. The van der Waals surface area contributed by atoms with Crippen LogP contribution in [0.3, 0.4) is 0 Å². The molecule has 386 valence electrons. The third-order valence-corrected chi connectivity index (χ3v) is 15.9. The Morgan fingerprint density at radius 1 is 0.203 bits per heavy atom. The number of unbranched alkanes of at least 4 members (excludes halogenated alkanes) is 51. The fourth-order valence-electron chi connectivity index (χ4n) is 11.1. The van der Waals surface area contributed by atoms with E-state index in [1.807, 2.05) is 0 Å². The van der Waals surface area contributed by atoms with Crippen molar-refractivity contribution in [1.82, 2.24) is 0 Å². The summed E-state index contributed by atoms with van der Waals surface area (Å²) in [4.78, 5) is 0. The molecule has 0 amide bonds. The van der Waals surface area contributed by atoms with Crippen LogP contribution in [0, 0.1) is 5.41 Å². The van der Waals surface area contributed by atoms with Crippen LogP contribution in [0.4, 0.5) is 0 Å². The summed E-state index contributed by atoms with van der Waals surface area (Å²) in [6, 6.07) is 0. The first-order chi connectivity index (χ1) is 31.7. The third kappa shape index (κ3) is 51.6. The van der Waals surface area contributed by atoms with E-state index in [4.69, 9.17) is 4.43 Å². The average molecular weight is 918 g/mol. The van der Waals surface area contributed by atoms with E-state index in [0.717, 1.165) is 17.1 Å². The molecule has 0 N–H and O–H groups in total. The van der Waals surface area contributed by atoms with Crippen molar-refractivity contribution >= 4 is 10.5 Å². The van der Waals surface area contributed by atoms with Crippen LogP contribution in [0.2, 0.25) is 0 Å². The van der Waals surface area contributed by atoms with Crippen molar-refractivity contribution in [1.29, 1.82) is 0 Å². The van der Waals surface area contributed by atoms with Gasteiger partial charge in [0.2, 0.25) is 0 Å². The van der Waals surface area contributed by atoms with Crippen LogP contribution in [0.25, 0.3) is 0 Å². The van der Waals surface area contributed by atoms with Gasteiger partial charge in [-0.05, 0) is 24.7 Å². The minimum absolute atomic E-state index is 0.473. The van der Waals surface area contributed by atoms with Gasteiger partial charge in [0.05, 0.1) is 0 Å². The van der Waals surface area contributed by atoms with Gasteiger partial charge in [0.25, 0.3) is 0 Å². The standard InChI is InChI=1S/C62H128OSi/c1-4-7-10-13-16-19-22-25-28-31-34-37-40-43-46-49-52-55-58-62(61-63-64,59-56-53-50-47-44-41-38-35-32-29-26-23-20-17-14-11-8-5-2)60-57-54-51-48-45-42-39-36-33-30-27-24-21-18-15-12-9-6-3/h4-61H2,1-3,64H3. The van der Waals surface area contributed by atoms with Crippen LogP contribution in [0.5, 0.6) is 0 Å². The lowest BCUT2D eigenvalue weighted by Gasteiger charge is -2.34. The zero-order valence-corrected chi connectivity index (χ0v) is 47.9. The first-order valence-electron chi connectivity index (χ1n) is 31.2. The molecule has 0 unspecified atom stereocenters. The van der Waals surface area contributed by atoms with Crippen LogP contribution < -0.4 is 0 Å². The van der Waals surface area contributed by atoms with Crippen LogP contribution in [-0.2, 0) is 4.43 Å². The second kappa shape index (κ2) is 57.5. The van der Waals surface area contributed by atoms with Gasteiger partial charge in [0.15, 0.2) is 0 Å². The van der Waals surface area contributed by atoms with Gasteiger partial charge < -0.3 is 4.43 Å². The predicted molar refractivity (Wildman–Crippen MR) is 299 cm³/mol. The van der Waals surface area contributed by atoms with E-state index in [-0.39, 0.29) is 0 Å². The van der Waals surface area contributed by atoms with Gasteiger partial charge in [-0.3, -0.25) is 0 Å². The Morgan fingerprint density at radius 2 is 0.328 bits per heavy atom. The van der Waals surface area contributed by atoms with Crippen molar-refractivity contribution in [2.45, 2.75) is 387 Å². The fraction of sp³-hybridized carbons (Fsp3) is 1.00. The molecule has 0 aliphatic carbocycles. The quantitative estimate of drug-likeness (QED) is 0.0436. The maximum Gasteiger partial charge on any atom is 0.145 e. The lowest BCUT2D eigenvalue weighted by molar-refractivity contribution is 0.107. The number of hydrogen-bond donors (Lipinski definition) is 0. The summed E-state index contributed by atoms with van der Waals surface area (Å²) in [7, 11) is 0.904. The van der Waals surface area contributed by atoms with E-state index in [2.05, 4.69) is 20.8 Å². The molecule has 0 atom stereocenters. The second-order valence-corrected chi connectivity index (χ2v) is 22.8. The highest BCUT2D eigenvalue weighted by atomic mass is 28.2. The van der Waals surface area contributed by atoms with E-state index in [9.17, 15) is 0 Å². The third-order valence-electron chi connectivity index (χ3n) is 15.6. The predicted octanol–water partition coefficient (Wildman–Crippen LogP) is 22.6. The fourth-order valence-corrected chi connectivity index (χ4v) is 11.7. The Balaban J connectivity index is 4.29. The van der Waals surface area contributed by atoms with Gasteiger partial charge in [0, 0.05) is 6.61 Å². The first kappa shape index (κ1) is 64.2. The Hall–Kier alpha value is 0.177. The van der Waals surface area contributed by atoms with Gasteiger partial charge in [0.1, 0.15) is 10.5 Å². The molecule has 0 bridgehead atoms. The maximum absolute atomic E-state index is 6.21. The molecule has 0 saturated heterocycles. The van der Waals surface area contributed by atoms with Crippen molar-refractivity contribution in [3.63, 3.8) is 0 Å². The molecular formula is C62H128OSi. The summed E-state index contributed by atoms with van der Waals surface area (Å²) in [6.45, 7) is 8.03. The molecule has 1 nitrogen and oxygen atoms in total. The zero-order valence-electron chi connectivity index (χ0n) is 45.9. The average Bonchev–Trinajstić information content (AvgIpc) is 3.30. The summed E-state index contributed by atoms with van der Waals surface area (Å²) in [5.41, 5.74) is 0.473. The second-order valence-electron chi connectivity index (χ2n) is 22.2. The summed E-state index contributed by atoms with van der Waals surface area (Å²) in [5, 5.41) is 0. The van der Waals surface area contributed by atoms with Crippen molar-refractivity contribution in [3.05, 3.63) is 0 Å². The topological polar surface area (TPSA) is 9.23 Å². The summed E-state index contributed by atoms with van der Waals surface area (Å²) < 4.78 is 6.21. The molecule has 2 heteroatoms. The van der Waals surface area contributed by atoms with Crippen LogP contribution in [-0.4, -0.2) is 17.1 Å². The van der Waals surface area contributed by atoms with E-state index < -0.39 is 0 Å². The molecule has 0 aromatic carbocycles. The van der Waals surface area contributed by atoms with Crippen LogP contribution in [0.1, 0.15) is 387 Å². The molecule has 0 saturated carbocycles. The van der Waals surface area contributed by atoms with E-state index in [1.165, 1.54) is 366 Å². The van der Waals surface area contributed by atoms with Gasteiger partial charge in [-0.15, -0.1) is 0 Å². The first-order valence-corrected chi connectivity index (χ1v) is 32.0. The van der Waals surface area contributed by atoms with Gasteiger partial charge in [-0.1, -0.05) is 367 Å². The lowest BCUT2D eigenvalue weighted by Crippen LogP contribution is -2.27. The Morgan fingerprint density at radius 3 is 0.453 bits per heavy atom. The minimum Gasteiger partial charge on any atom is -0.427 e. The van der Waals surface area contributed by atoms with E-state index in [1.54, 1.807) is 0 Å². The highest BCUT2D eigenvalue weighted by Crippen LogP contribution is 2.38. The van der Waals surface area contributed by atoms with Crippen LogP contribution >= 0.6 is 0 Å². The summed E-state index contributed by atoms with van der Waals surface area (Å²) in [5.74, 6) is 0. The van der Waals surface area contributed by atoms with Gasteiger partial charge in [-0.25, -0.2) is 0 Å². The van der Waals surface area contributed by atoms with Crippen LogP contribution in [0.15, 0.2) is 0 Å². The molecule has 0 aromatic rings. The van der Waals surface area contributed by atoms with Crippen molar-refractivity contribution in [3.8, 4) is 0 Å². The minimum atomic E-state index is 0.473. The van der Waals surface area contributed by atoms with Gasteiger partial charge >= 0.3 is 0 Å². The van der Waals surface area contributed by atoms with Crippen molar-refractivity contribution in [2.24, 2.45) is 5.41 Å². The van der Waals surface area contributed by atoms with Gasteiger partial charge in [-0.2, -0.15) is 0 Å². The molecule has 0 aliphatic heterocycles. The molecular weight excluding hydrogens is 789 g/mol. The molecule has 0 aliphatic rings. The Labute approximate surface area is 411 Å². The van der Waals surface area contributed by atoms with E-state index in [0.29, 0.717) is 5.41 Å². The zero-order chi connectivity index (χ0) is 46.2. The lowest BCUT2D eigenvalue weighted by atomic mass is 9.74. The summed E-state index contributed by atoms with van der Waals surface area (Å²) in [6.07, 6.45) is 83.6. The van der Waals surface area contributed by atoms with E-state index >= 15 is 0 Å². The normalized spacial score (nSPS) is 12.0. The molecule has 0 spiro atoms. The van der Waals surface area contributed by atoms with Crippen molar-refractivity contribution in [2.75, 3.05) is 6.61 Å². The molecule has 0 rings (SSSR count). The Kier molecular flexibility index (Phi) is 57.7. The molecule has 0 radical (unpaired) electrons. The molecule has 0 heterocycles. The van der Waals surface area contributed by atoms with Crippen molar-refractivity contribution < 1.29 is 4.43 Å². The smallest absolute Gasteiger partial charge is 0.145 e. The maximum atomic E-state index is 6.21. The molecule has 0 fully saturated rings. The summed E-state index contributed by atoms with van der Waals surface area (Å²) >= 11 is 0. The number of hydrogen-bond acceptors (Lipinski definition) is 1. The molecule has 0 aromatic heterocycles. The highest BCUT2D eigenvalue weighted by Gasteiger charge is 2.28. The SMILES string of the molecule is CCCCCCCCCCCCCCCCCCCCC(CCCCCCCCCCCCCCCCCCCC)(CCCCCCCCCCCCCCCCCCCC)CO[SiH3]. The largest absolute Gasteiger partial charge is 0.427 e. The number of rotatable bonds is 59. The monoisotopic (exact) mass is 917 g/mol. The Bertz CT molecular complexity index is 698.